The number of hydrogen-bond donors (Lipinski definition) is 0. The van der Waals surface area contributed by atoms with Crippen LogP contribution in [-0.4, -0.2) is 37.9 Å². The van der Waals surface area contributed by atoms with Crippen molar-refractivity contribution in [2.24, 2.45) is 0 Å². The molecule has 0 rings (SSSR count). The van der Waals surface area contributed by atoms with E-state index in [0.717, 1.165) is 32.1 Å². The molecule has 5 nitrogen and oxygen atoms in total. The minimum Gasteiger partial charge on any atom is -0.462 e. The molecule has 1 atom stereocenters. The smallest absolute Gasteiger partial charge is 0.306 e. The molecule has 334 valence electrons. The van der Waals surface area contributed by atoms with Gasteiger partial charge >= 0.3 is 11.9 Å². The Morgan fingerprint density at radius 3 is 0.911 bits per heavy atom. The van der Waals surface area contributed by atoms with Crippen molar-refractivity contribution in [1.29, 1.82) is 0 Å². The predicted molar refractivity (Wildman–Crippen MR) is 243 cm³/mol. The number of rotatable bonds is 48. The van der Waals surface area contributed by atoms with Crippen LogP contribution in [0, 0.1) is 0 Å². The van der Waals surface area contributed by atoms with Gasteiger partial charge in [0, 0.05) is 19.4 Å². The topological polar surface area (TPSA) is 61.8 Å². The van der Waals surface area contributed by atoms with Crippen LogP contribution in [0.3, 0.4) is 0 Å². The zero-order chi connectivity index (χ0) is 40.7. The Balaban J connectivity index is 4.19. The Morgan fingerprint density at radius 2 is 0.589 bits per heavy atom. The fraction of sp³-hybridized carbons (Fsp3) is 0.961. The Labute approximate surface area is 351 Å². The third-order valence-corrected chi connectivity index (χ3v) is 11.6. The van der Waals surface area contributed by atoms with Crippen molar-refractivity contribution in [1.82, 2.24) is 0 Å². The van der Waals surface area contributed by atoms with Crippen LogP contribution in [0.1, 0.15) is 290 Å². The third kappa shape index (κ3) is 45.6. The van der Waals surface area contributed by atoms with E-state index in [2.05, 4.69) is 20.8 Å². The van der Waals surface area contributed by atoms with Crippen LogP contribution in [0.2, 0.25) is 0 Å². The lowest BCUT2D eigenvalue weighted by atomic mass is 10.0. The second-order valence-electron chi connectivity index (χ2n) is 17.5. The summed E-state index contributed by atoms with van der Waals surface area (Å²) in [4.78, 5) is 25.3. The van der Waals surface area contributed by atoms with Crippen molar-refractivity contribution >= 4 is 11.9 Å². The normalized spacial score (nSPS) is 12.0. The first-order chi connectivity index (χ1) is 27.6. The van der Waals surface area contributed by atoms with Crippen LogP contribution in [0.5, 0.6) is 0 Å². The summed E-state index contributed by atoms with van der Waals surface area (Å²) in [6, 6.07) is 0. The summed E-state index contributed by atoms with van der Waals surface area (Å²) in [6.45, 7) is 7.90. The highest BCUT2D eigenvalue weighted by Gasteiger charge is 2.17. The molecule has 0 heterocycles. The molecule has 0 bridgehead atoms. The van der Waals surface area contributed by atoms with Gasteiger partial charge in [-0.3, -0.25) is 9.59 Å². The highest BCUT2D eigenvalue weighted by atomic mass is 16.6. The maximum atomic E-state index is 12.8. The van der Waals surface area contributed by atoms with Crippen molar-refractivity contribution in [2.75, 3.05) is 19.8 Å². The van der Waals surface area contributed by atoms with Gasteiger partial charge in [-0.25, -0.2) is 0 Å². The molecule has 0 aromatic heterocycles. The van der Waals surface area contributed by atoms with E-state index in [4.69, 9.17) is 14.2 Å². The molecule has 0 saturated carbocycles. The van der Waals surface area contributed by atoms with Crippen molar-refractivity contribution < 1.29 is 23.8 Å². The molecule has 5 heteroatoms. The highest BCUT2D eigenvalue weighted by molar-refractivity contribution is 5.70. The molecule has 56 heavy (non-hydrogen) atoms. The fourth-order valence-corrected chi connectivity index (χ4v) is 7.81. The van der Waals surface area contributed by atoms with Crippen molar-refractivity contribution in [3.63, 3.8) is 0 Å². The molecule has 0 amide bonds. The zero-order valence-electron chi connectivity index (χ0n) is 38.4. The standard InChI is InChI=1S/C51H100O5/c1-4-7-10-13-16-19-22-25-28-31-34-37-40-43-46-54-47-49(56-51(53)45-42-39-36-33-30-27-24-21-18-15-12-9-6-3)48-55-50(52)44-41-38-35-32-29-26-23-20-17-14-11-8-5-2/h49H,4-48H2,1-3H3/t49-/m1/s1. The van der Waals surface area contributed by atoms with E-state index in [-0.39, 0.29) is 18.5 Å². The van der Waals surface area contributed by atoms with Crippen LogP contribution in [0.4, 0.5) is 0 Å². The lowest BCUT2D eigenvalue weighted by molar-refractivity contribution is -0.163. The first-order valence-corrected chi connectivity index (χ1v) is 25.6. The fourth-order valence-electron chi connectivity index (χ4n) is 7.81. The van der Waals surface area contributed by atoms with Crippen LogP contribution in [0.15, 0.2) is 0 Å². The molecule has 0 aliphatic heterocycles. The summed E-state index contributed by atoms with van der Waals surface area (Å²) in [6.07, 6.45) is 52.4. The second-order valence-corrected chi connectivity index (χ2v) is 17.5. The maximum absolute atomic E-state index is 12.8. The largest absolute Gasteiger partial charge is 0.462 e. The van der Waals surface area contributed by atoms with Crippen LogP contribution < -0.4 is 0 Å². The van der Waals surface area contributed by atoms with Crippen molar-refractivity contribution in [3.8, 4) is 0 Å². The molecule has 0 aliphatic carbocycles. The Kier molecular flexibility index (Phi) is 47.3. The van der Waals surface area contributed by atoms with Gasteiger partial charge < -0.3 is 14.2 Å². The van der Waals surface area contributed by atoms with Gasteiger partial charge in [0.1, 0.15) is 6.61 Å². The number of esters is 2. The van der Waals surface area contributed by atoms with E-state index in [1.165, 1.54) is 225 Å². The average Bonchev–Trinajstić information content (AvgIpc) is 3.20. The minimum atomic E-state index is -0.522. The lowest BCUT2D eigenvalue weighted by Crippen LogP contribution is -2.30. The van der Waals surface area contributed by atoms with Crippen LogP contribution in [0.25, 0.3) is 0 Å². The molecule has 0 aliphatic rings. The molecule has 0 fully saturated rings. The van der Waals surface area contributed by atoms with E-state index >= 15 is 0 Å². The Hall–Kier alpha value is -1.10. The van der Waals surface area contributed by atoms with Crippen molar-refractivity contribution in [2.45, 2.75) is 297 Å². The summed E-state index contributed by atoms with van der Waals surface area (Å²) >= 11 is 0. The van der Waals surface area contributed by atoms with Crippen LogP contribution in [-0.2, 0) is 23.8 Å². The summed E-state index contributed by atoms with van der Waals surface area (Å²) < 4.78 is 17.4. The number of ether oxygens (including phenoxy) is 3. The van der Waals surface area contributed by atoms with Gasteiger partial charge in [0.05, 0.1) is 6.61 Å². The SMILES string of the molecule is CCCCCCCCCCCCCCCCOC[C@H](COC(=O)CCCCCCCCCCCCCCC)OC(=O)CCCCCCCCCCCCCCC. The molecule has 0 aromatic carbocycles. The monoisotopic (exact) mass is 793 g/mol. The predicted octanol–water partition coefficient (Wildman–Crippen LogP) is 16.9. The molecule has 0 saturated heterocycles. The van der Waals surface area contributed by atoms with Gasteiger partial charge in [-0.2, -0.15) is 0 Å². The summed E-state index contributed by atoms with van der Waals surface area (Å²) in [5.41, 5.74) is 0. The van der Waals surface area contributed by atoms with E-state index in [1.54, 1.807) is 0 Å². The van der Waals surface area contributed by atoms with E-state index in [9.17, 15) is 9.59 Å². The van der Waals surface area contributed by atoms with Crippen molar-refractivity contribution in [3.05, 3.63) is 0 Å². The molecule has 0 aromatic rings. The van der Waals surface area contributed by atoms with Crippen LogP contribution >= 0.6 is 0 Å². The number of carbonyl (C=O) groups excluding carboxylic acids is 2. The summed E-state index contributed by atoms with van der Waals surface area (Å²) in [7, 11) is 0. The Bertz CT molecular complexity index is 769. The molecule has 0 N–H and O–H groups in total. The average molecular weight is 793 g/mol. The van der Waals surface area contributed by atoms with Gasteiger partial charge in [-0.05, 0) is 19.3 Å². The van der Waals surface area contributed by atoms with Gasteiger partial charge in [0.25, 0.3) is 0 Å². The molecule has 0 unspecified atom stereocenters. The van der Waals surface area contributed by atoms with Gasteiger partial charge in [-0.15, -0.1) is 0 Å². The van der Waals surface area contributed by atoms with E-state index < -0.39 is 6.10 Å². The van der Waals surface area contributed by atoms with E-state index in [1.807, 2.05) is 0 Å². The highest BCUT2D eigenvalue weighted by Crippen LogP contribution is 2.16. The van der Waals surface area contributed by atoms with Gasteiger partial charge in [0.2, 0.25) is 0 Å². The maximum Gasteiger partial charge on any atom is 0.306 e. The molecular formula is C51H100O5. The number of unbranched alkanes of at least 4 members (excludes halogenated alkanes) is 37. The quantitative estimate of drug-likeness (QED) is 0.0454. The second kappa shape index (κ2) is 48.3. The first-order valence-electron chi connectivity index (χ1n) is 25.6. The van der Waals surface area contributed by atoms with Gasteiger partial charge in [0.15, 0.2) is 6.10 Å². The third-order valence-electron chi connectivity index (χ3n) is 11.6. The number of carbonyl (C=O) groups is 2. The summed E-state index contributed by atoms with van der Waals surface area (Å²) in [5, 5.41) is 0. The first kappa shape index (κ1) is 54.9. The van der Waals surface area contributed by atoms with E-state index in [0.29, 0.717) is 26.1 Å². The lowest BCUT2D eigenvalue weighted by Gasteiger charge is -2.18. The number of hydrogen-bond acceptors (Lipinski definition) is 5. The molecule has 0 radical (unpaired) electrons. The zero-order valence-corrected chi connectivity index (χ0v) is 38.4. The minimum absolute atomic E-state index is 0.0976. The molecule has 0 spiro atoms. The van der Waals surface area contributed by atoms with Gasteiger partial charge in [-0.1, -0.05) is 258 Å². The summed E-state index contributed by atoms with van der Waals surface area (Å²) in [5.74, 6) is -0.372. The Morgan fingerprint density at radius 1 is 0.321 bits per heavy atom. The molecular weight excluding hydrogens is 693 g/mol.